The average molecular weight is 269 g/mol. The normalized spacial score (nSPS) is 10.3. The Kier molecular flexibility index (Phi) is 4.08. The third-order valence-electron chi connectivity index (χ3n) is 3.41. The third kappa shape index (κ3) is 2.67. The topological polar surface area (TPSA) is 40.5 Å². The number of phenols is 1. The van der Waals surface area contributed by atoms with Gasteiger partial charge in [0.1, 0.15) is 5.75 Å². The molecule has 20 heavy (non-hydrogen) atoms. The summed E-state index contributed by atoms with van der Waals surface area (Å²) in [5, 5.41) is 9.75. The fourth-order valence-electron chi connectivity index (χ4n) is 2.24. The van der Waals surface area contributed by atoms with Gasteiger partial charge in [0.05, 0.1) is 0 Å². The van der Waals surface area contributed by atoms with E-state index in [2.05, 4.69) is 0 Å². The first kappa shape index (κ1) is 14.1. The standard InChI is InChI=1S/C17H19NO2/c1-4-18(14-8-5-7-12(2)11-14)17(20)15-9-6-10-16(19)13(15)3/h5-11,19H,4H2,1-3H3. The van der Waals surface area contributed by atoms with Gasteiger partial charge in [-0.2, -0.15) is 0 Å². The molecule has 0 saturated heterocycles. The van der Waals surface area contributed by atoms with E-state index in [9.17, 15) is 9.90 Å². The number of phenolic OH excluding ortho intramolecular Hbond substituents is 1. The Bertz CT molecular complexity index is 635. The van der Waals surface area contributed by atoms with Gasteiger partial charge in [-0.25, -0.2) is 0 Å². The van der Waals surface area contributed by atoms with Gasteiger partial charge in [0.15, 0.2) is 0 Å². The van der Waals surface area contributed by atoms with E-state index in [4.69, 9.17) is 0 Å². The van der Waals surface area contributed by atoms with Crippen LogP contribution in [0.3, 0.4) is 0 Å². The fraction of sp³-hybridized carbons (Fsp3) is 0.235. The minimum absolute atomic E-state index is 0.0912. The summed E-state index contributed by atoms with van der Waals surface area (Å²) in [6.07, 6.45) is 0. The van der Waals surface area contributed by atoms with Crippen LogP contribution in [-0.4, -0.2) is 17.6 Å². The zero-order valence-corrected chi connectivity index (χ0v) is 12.1. The smallest absolute Gasteiger partial charge is 0.258 e. The molecule has 0 aliphatic rings. The molecule has 0 atom stereocenters. The van der Waals surface area contributed by atoms with E-state index in [1.807, 2.05) is 38.1 Å². The number of rotatable bonds is 3. The molecule has 0 aliphatic heterocycles. The molecule has 104 valence electrons. The van der Waals surface area contributed by atoms with Crippen molar-refractivity contribution in [1.82, 2.24) is 0 Å². The van der Waals surface area contributed by atoms with Gasteiger partial charge in [-0.1, -0.05) is 18.2 Å². The predicted molar refractivity (Wildman–Crippen MR) is 81.4 cm³/mol. The molecule has 0 aliphatic carbocycles. The van der Waals surface area contributed by atoms with E-state index >= 15 is 0 Å². The first-order chi connectivity index (χ1) is 9.54. The number of carbonyl (C=O) groups excluding carboxylic acids is 1. The molecule has 1 N–H and O–H groups in total. The number of benzene rings is 2. The van der Waals surface area contributed by atoms with Crippen LogP contribution in [0.2, 0.25) is 0 Å². The van der Waals surface area contributed by atoms with E-state index in [1.165, 1.54) is 0 Å². The second kappa shape index (κ2) is 5.78. The van der Waals surface area contributed by atoms with Crippen molar-refractivity contribution in [1.29, 1.82) is 0 Å². The maximum Gasteiger partial charge on any atom is 0.258 e. The number of hydrogen-bond donors (Lipinski definition) is 1. The number of amides is 1. The fourth-order valence-corrected chi connectivity index (χ4v) is 2.24. The van der Waals surface area contributed by atoms with Crippen LogP contribution in [0.15, 0.2) is 42.5 Å². The lowest BCUT2D eigenvalue weighted by atomic mass is 10.1. The number of carbonyl (C=O) groups is 1. The zero-order valence-electron chi connectivity index (χ0n) is 12.1. The molecule has 0 aromatic heterocycles. The highest BCUT2D eigenvalue weighted by molar-refractivity contribution is 6.07. The Morgan fingerprint density at radius 1 is 1.15 bits per heavy atom. The van der Waals surface area contributed by atoms with Gasteiger partial charge in [-0.05, 0) is 50.6 Å². The van der Waals surface area contributed by atoms with Crippen molar-refractivity contribution in [3.63, 3.8) is 0 Å². The summed E-state index contributed by atoms with van der Waals surface area (Å²) in [5.41, 5.74) is 3.14. The Hall–Kier alpha value is -2.29. The molecule has 2 rings (SSSR count). The van der Waals surface area contributed by atoms with E-state index in [1.54, 1.807) is 30.0 Å². The molecular weight excluding hydrogens is 250 g/mol. The highest BCUT2D eigenvalue weighted by Gasteiger charge is 2.19. The molecule has 2 aromatic rings. The van der Waals surface area contributed by atoms with Gasteiger partial charge < -0.3 is 10.0 Å². The van der Waals surface area contributed by atoms with Crippen LogP contribution >= 0.6 is 0 Å². The van der Waals surface area contributed by atoms with Gasteiger partial charge in [0.2, 0.25) is 0 Å². The van der Waals surface area contributed by atoms with Crippen LogP contribution < -0.4 is 4.90 Å². The highest BCUT2D eigenvalue weighted by Crippen LogP contribution is 2.24. The van der Waals surface area contributed by atoms with Crippen LogP contribution in [0.25, 0.3) is 0 Å². The number of hydrogen-bond acceptors (Lipinski definition) is 2. The van der Waals surface area contributed by atoms with Gasteiger partial charge in [0.25, 0.3) is 5.91 Å². The van der Waals surface area contributed by atoms with E-state index in [0.717, 1.165) is 11.3 Å². The summed E-state index contributed by atoms with van der Waals surface area (Å²) in [6, 6.07) is 12.9. The van der Waals surface area contributed by atoms with Crippen molar-refractivity contribution < 1.29 is 9.90 Å². The molecule has 0 bridgehead atoms. The second-order valence-corrected chi connectivity index (χ2v) is 4.84. The highest BCUT2D eigenvalue weighted by atomic mass is 16.3. The minimum atomic E-state index is -0.0912. The van der Waals surface area contributed by atoms with Crippen LogP contribution in [0.1, 0.15) is 28.4 Å². The lowest BCUT2D eigenvalue weighted by Gasteiger charge is -2.22. The maximum atomic E-state index is 12.7. The van der Waals surface area contributed by atoms with Crippen molar-refractivity contribution in [2.45, 2.75) is 20.8 Å². The minimum Gasteiger partial charge on any atom is -0.508 e. The number of aromatic hydroxyl groups is 1. The predicted octanol–water partition coefficient (Wildman–Crippen LogP) is 3.68. The molecule has 0 unspecified atom stereocenters. The van der Waals surface area contributed by atoms with Crippen molar-refractivity contribution in [3.05, 3.63) is 59.2 Å². The summed E-state index contributed by atoms with van der Waals surface area (Å²) in [5.74, 6) is 0.0580. The Morgan fingerprint density at radius 2 is 1.85 bits per heavy atom. The summed E-state index contributed by atoms with van der Waals surface area (Å²) in [4.78, 5) is 14.4. The van der Waals surface area contributed by atoms with Crippen molar-refractivity contribution in [2.75, 3.05) is 11.4 Å². The molecule has 3 heteroatoms. The van der Waals surface area contributed by atoms with Crippen LogP contribution in [0, 0.1) is 13.8 Å². The van der Waals surface area contributed by atoms with E-state index in [0.29, 0.717) is 17.7 Å². The first-order valence-corrected chi connectivity index (χ1v) is 6.71. The lowest BCUT2D eigenvalue weighted by molar-refractivity contribution is 0.0987. The quantitative estimate of drug-likeness (QED) is 0.923. The van der Waals surface area contributed by atoms with Gasteiger partial charge >= 0.3 is 0 Å². The maximum absolute atomic E-state index is 12.7. The third-order valence-corrected chi connectivity index (χ3v) is 3.41. The first-order valence-electron chi connectivity index (χ1n) is 6.71. The molecule has 0 heterocycles. The van der Waals surface area contributed by atoms with Crippen molar-refractivity contribution >= 4 is 11.6 Å². The van der Waals surface area contributed by atoms with Gasteiger partial charge in [-0.15, -0.1) is 0 Å². The van der Waals surface area contributed by atoms with E-state index in [-0.39, 0.29) is 11.7 Å². The summed E-state index contributed by atoms with van der Waals surface area (Å²) in [7, 11) is 0. The number of anilines is 1. The summed E-state index contributed by atoms with van der Waals surface area (Å²) in [6.45, 7) is 6.28. The van der Waals surface area contributed by atoms with Gasteiger partial charge in [-0.3, -0.25) is 4.79 Å². The molecular formula is C17H19NO2. The van der Waals surface area contributed by atoms with Crippen molar-refractivity contribution in [2.24, 2.45) is 0 Å². The Morgan fingerprint density at radius 3 is 2.50 bits per heavy atom. The monoisotopic (exact) mass is 269 g/mol. The number of aryl methyl sites for hydroxylation is 1. The molecule has 2 aromatic carbocycles. The largest absolute Gasteiger partial charge is 0.508 e. The summed E-state index contributed by atoms with van der Waals surface area (Å²) >= 11 is 0. The van der Waals surface area contributed by atoms with Gasteiger partial charge in [0, 0.05) is 23.4 Å². The van der Waals surface area contributed by atoms with Crippen LogP contribution in [-0.2, 0) is 0 Å². The molecule has 0 saturated carbocycles. The Balaban J connectivity index is 2.42. The number of nitrogens with zero attached hydrogens (tertiary/aromatic N) is 1. The Labute approximate surface area is 119 Å². The summed E-state index contributed by atoms with van der Waals surface area (Å²) < 4.78 is 0. The van der Waals surface area contributed by atoms with Crippen molar-refractivity contribution in [3.8, 4) is 5.75 Å². The zero-order chi connectivity index (χ0) is 14.7. The lowest BCUT2D eigenvalue weighted by Crippen LogP contribution is -2.31. The SMILES string of the molecule is CCN(C(=O)c1cccc(O)c1C)c1cccc(C)c1. The van der Waals surface area contributed by atoms with Crippen LogP contribution in [0.5, 0.6) is 5.75 Å². The van der Waals surface area contributed by atoms with Crippen LogP contribution in [0.4, 0.5) is 5.69 Å². The molecule has 1 amide bonds. The molecule has 3 nitrogen and oxygen atoms in total. The molecule has 0 radical (unpaired) electrons. The molecule has 0 spiro atoms. The average Bonchev–Trinajstić information content (AvgIpc) is 2.42. The van der Waals surface area contributed by atoms with E-state index < -0.39 is 0 Å². The molecule has 0 fully saturated rings. The second-order valence-electron chi connectivity index (χ2n) is 4.84.